The van der Waals surface area contributed by atoms with Crippen LogP contribution in [0.2, 0.25) is 0 Å². The summed E-state index contributed by atoms with van der Waals surface area (Å²) in [6.45, 7) is 4.05. The number of amides is 1. The van der Waals surface area contributed by atoms with E-state index in [-0.39, 0.29) is 24.4 Å². The number of carbonyl (C=O) groups is 1. The number of aromatic amines is 1. The minimum absolute atomic E-state index is 0. The molecular formula is C10H17ClN4O. The van der Waals surface area contributed by atoms with E-state index in [0.29, 0.717) is 11.6 Å². The second-order valence-electron chi connectivity index (χ2n) is 4.02. The third-order valence-corrected chi connectivity index (χ3v) is 2.89. The van der Waals surface area contributed by atoms with Crippen molar-refractivity contribution < 1.29 is 4.79 Å². The van der Waals surface area contributed by atoms with Gasteiger partial charge in [-0.15, -0.1) is 12.4 Å². The molecule has 0 spiro atoms. The number of hydrogen-bond donors (Lipinski definition) is 3. The molecule has 5 nitrogen and oxygen atoms in total. The van der Waals surface area contributed by atoms with Crippen molar-refractivity contribution in [1.29, 1.82) is 0 Å². The Bertz CT molecular complexity index is 328. The summed E-state index contributed by atoms with van der Waals surface area (Å²) in [5.41, 5.74) is 0.521. The van der Waals surface area contributed by atoms with E-state index in [1.807, 2.05) is 0 Å². The van der Waals surface area contributed by atoms with Gasteiger partial charge in [0, 0.05) is 18.8 Å². The number of halogens is 1. The first kappa shape index (κ1) is 13.0. The fraction of sp³-hybridized carbons (Fsp3) is 0.600. The molecule has 0 aromatic carbocycles. The van der Waals surface area contributed by atoms with E-state index in [9.17, 15) is 4.79 Å². The van der Waals surface area contributed by atoms with Crippen LogP contribution in [0.1, 0.15) is 23.8 Å². The van der Waals surface area contributed by atoms with Crippen molar-refractivity contribution >= 4 is 18.3 Å². The standard InChI is InChI=1S/C10H16N4O.ClH/c1-7-2-4-11-6-9(7)13-10(15)8-3-5-12-14-8;/h3,5,7,9,11H,2,4,6H2,1H3,(H,12,14)(H,13,15);1H. The van der Waals surface area contributed by atoms with Gasteiger partial charge in [0.2, 0.25) is 0 Å². The molecule has 1 aromatic rings. The van der Waals surface area contributed by atoms with Crippen molar-refractivity contribution in [1.82, 2.24) is 20.8 Å². The van der Waals surface area contributed by atoms with Gasteiger partial charge in [0.1, 0.15) is 5.69 Å². The van der Waals surface area contributed by atoms with Gasteiger partial charge in [0.15, 0.2) is 0 Å². The van der Waals surface area contributed by atoms with Crippen LogP contribution in [0.5, 0.6) is 0 Å². The Morgan fingerprint density at radius 1 is 1.62 bits per heavy atom. The summed E-state index contributed by atoms with van der Waals surface area (Å²) in [5, 5.41) is 12.7. The van der Waals surface area contributed by atoms with E-state index in [0.717, 1.165) is 19.5 Å². The average Bonchev–Trinajstić information content (AvgIpc) is 2.74. The van der Waals surface area contributed by atoms with Crippen molar-refractivity contribution in [3.8, 4) is 0 Å². The highest BCUT2D eigenvalue weighted by atomic mass is 35.5. The third kappa shape index (κ3) is 2.96. The Labute approximate surface area is 101 Å². The lowest BCUT2D eigenvalue weighted by molar-refractivity contribution is 0.0910. The van der Waals surface area contributed by atoms with Crippen LogP contribution in [-0.2, 0) is 0 Å². The lowest BCUT2D eigenvalue weighted by atomic mass is 9.95. The molecule has 1 fully saturated rings. The van der Waals surface area contributed by atoms with Crippen molar-refractivity contribution in [2.75, 3.05) is 13.1 Å². The fourth-order valence-corrected chi connectivity index (χ4v) is 1.81. The number of aromatic nitrogens is 2. The Morgan fingerprint density at radius 3 is 3.06 bits per heavy atom. The summed E-state index contributed by atoms with van der Waals surface area (Å²) in [6.07, 6.45) is 2.69. The molecule has 2 unspecified atom stereocenters. The summed E-state index contributed by atoms with van der Waals surface area (Å²) >= 11 is 0. The summed E-state index contributed by atoms with van der Waals surface area (Å²) < 4.78 is 0. The molecule has 2 rings (SSSR count). The minimum atomic E-state index is -0.0759. The first-order valence-electron chi connectivity index (χ1n) is 5.28. The fourth-order valence-electron chi connectivity index (χ4n) is 1.81. The molecule has 1 saturated heterocycles. The van der Waals surface area contributed by atoms with Gasteiger partial charge >= 0.3 is 0 Å². The van der Waals surface area contributed by atoms with Crippen LogP contribution < -0.4 is 10.6 Å². The van der Waals surface area contributed by atoms with Crippen LogP contribution in [-0.4, -0.2) is 35.2 Å². The van der Waals surface area contributed by atoms with Gasteiger partial charge in [-0.2, -0.15) is 5.10 Å². The van der Waals surface area contributed by atoms with Gasteiger partial charge < -0.3 is 10.6 Å². The lowest BCUT2D eigenvalue weighted by Crippen LogP contribution is -2.50. The van der Waals surface area contributed by atoms with Crippen LogP contribution in [0.4, 0.5) is 0 Å². The Kier molecular flexibility index (Phi) is 4.76. The zero-order chi connectivity index (χ0) is 10.7. The number of hydrogen-bond acceptors (Lipinski definition) is 3. The van der Waals surface area contributed by atoms with Gasteiger partial charge in [0.25, 0.3) is 5.91 Å². The molecule has 16 heavy (non-hydrogen) atoms. The van der Waals surface area contributed by atoms with Crippen LogP contribution >= 0.6 is 12.4 Å². The second-order valence-corrected chi connectivity index (χ2v) is 4.02. The molecule has 3 N–H and O–H groups in total. The topological polar surface area (TPSA) is 69.8 Å². The summed E-state index contributed by atoms with van der Waals surface area (Å²) in [7, 11) is 0. The molecule has 1 aliphatic rings. The number of rotatable bonds is 2. The second kappa shape index (κ2) is 5.86. The van der Waals surface area contributed by atoms with Gasteiger partial charge in [-0.05, 0) is 24.9 Å². The van der Waals surface area contributed by atoms with Crippen LogP contribution in [0.25, 0.3) is 0 Å². The SMILES string of the molecule is CC1CCNCC1NC(=O)c1ccn[nH]1.Cl. The molecule has 0 saturated carbocycles. The summed E-state index contributed by atoms with van der Waals surface area (Å²) in [5.74, 6) is 0.450. The monoisotopic (exact) mass is 244 g/mol. The third-order valence-electron chi connectivity index (χ3n) is 2.89. The quantitative estimate of drug-likeness (QED) is 0.712. The minimum Gasteiger partial charge on any atom is -0.346 e. The van der Waals surface area contributed by atoms with Crippen molar-refractivity contribution in [2.24, 2.45) is 5.92 Å². The molecule has 0 bridgehead atoms. The molecule has 2 atom stereocenters. The van der Waals surface area contributed by atoms with Crippen molar-refractivity contribution in [2.45, 2.75) is 19.4 Å². The van der Waals surface area contributed by atoms with E-state index in [4.69, 9.17) is 0 Å². The van der Waals surface area contributed by atoms with E-state index >= 15 is 0 Å². The molecule has 6 heteroatoms. The number of carbonyl (C=O) groups excluding carboxylic acids is 1. The highest BCUT2D eigenvalue weighted by Crippen LogP contribution is 2.11. The normalized spacial score (nSPS) is 24.6. The van der Waals surface area contributed by atoms with E-state index < -0.39 is 0 Å². The van der Waals surface area contributed by atoms with Crippen LogP contribution in [0.15, 0.2) is 12.3 Å². The zero-order valence-corrected chi connectivity index (χ0v) is 10.0. The van der Waals surface area contributed by atoms with Crippen LogP contribution in [0, 0.1) is 5.92 Å². The maximum atomic E-state index is 11.7. The number of piperidine rings is 1. The molecule has 1 aromatic heterocycles. The zero-order valence-electron chi connectivity index (χ0n) is 9.19. The maximum absolute atomic E-state index is 11.7. The lowest BCUT2D eigenvalue weighted by Gasteiger charge is -2.29. The highest BCUT2D eigenvalue weighted by Gasteiger charge is 2.23. The van der Waals surface area contributed by atoms with E-state index in [1.54, 1.807) is 12.3 Å². The number of nitrogens with zero attached hydrogens (tertiary/aromatic N) is 1. The molecule has 2 heterocycles. The van der Waals surface area contributed by atoms with E-state index in [1.165, 1.54) is 0 Å². The highest BCUT2D eigenvalue weighted by molar-refractivity contribution is 5.92. The number of nitrogens with one attached hydrogen (secondary N) is 3. The van der Waals surface area contributed by atoms with Crippen LogP contribution in [0.3, 0.4) is 0 Å². The molecule has 1 aliphatic heterocycles. The van der Waals surface area contributed by atoms with Crippen molar-refractivity contribution in [3.63, 3.8) is 0 Å². The van der Waals surface area contributed by atoms with E-state index in [2.05, 4.69) is 27.8 Å². The predicted molar refractivity (Wildman–Crippen MR) is 63.7 cm³/mol. The number of H-pyrrole nitrogens is 1. The maximum Gasteiger partial charge on any atom is 0.269 e. The smallest absolute Gasteiger partial charge is 0.269 e. The molecule has 1 amide bonds. The largest absolute Gasteiger partial charge is 0.346 e. The van der Waals surface area contributed by atoms with Gasteiger partial charge in [-0.3, -0.25) is 9.89 Å². The summed E-state index contributed by atoms with van der Waals surface area (Å²) in [4.78, 5) is 11.7. The Hall–Kier alpha value is -1.07. The van der Waals surface area contributed by atoms with Crippen molar-refractivity contribution in [3.05, 3.63) is 18.0 Å². The first-order valence-corrected chi connectivity index (χ1v) is 5.28. The molecular weight excluding hydrogens is 228 g/mol. The van der Waals surface area contributed by atoms with Gasteiger partial charge in [-0.25, -0.2) is 0 Å². The molecule has 0 radical (unpaired) electrons. The Morgan fingerprint density at radius 2 is 2.44 bits per heavy atom. The molecule has 0 aliphatic carbocycles. The van der Waals surface area contributed by atoms with Gasteiger partial charge in [0.05, 0.1) is 0 Å². The first-order chi connectivity index (χ1) is 7.27. The van der Waals surface area contributed by atoms with Gasteiger partial charge in [-0.1, -0.05) is 6.92 Å². The Balaban J connectivity index is 0.00000128. The molecule has 90 valence electrons. The average molecular weight is 245 g/mol. The predicted octanol–water partition coefficient (Wildman–Crippen LogP) is 0.559. The summed E-state index contributed by atoms with van der Waals surface area (Å²) in [6, 6.07) is 1.89.